The Morgan fingerprint density at radius 1 is 1.44 bits per heavy atom. The third-order valence-electron chi connectivity index (χ3n) is 3.71. The van der Waals surface area contributed by atoms with Crippen LogP contribution in [0.25, 0.3) is 6.08 Å². The summed E-state index contributed by atoms with van der Waals surface area (Å²) < 4.78 is 5.19. The third-order valence-corrected chi connectivity index (χ3v) is 5.85. The molecule has 0 unspecified atom stereocenters. The normalized spacial score (nSPS) is 15.1. The zero-order valence-electron chi connectivity index (χ0n) is 14.5. The highest BCUT2D eigenvalue weighted by molar-refractivity contribution is 8.14. The predicted molar refractivity (Wildman–Crippen MR) is 113 cm³/mol. The fourth-order valence-corrected chi connectivity index (χ4v) is 4.29. The molecule has 1 aromatic carbocycles. The lowest BCUT2D eigenvalue weighted by Gasteiger charge is -2.18. The minimum Gasteiger partial charge on any atom is -0.495 e. The van der Waals surface area contributed by atoms with E-state index in [1.807, 2.05) is 17.5 Å². The van der Waals surface area contributed by atoms with Crippen molar-refractivity contribution in [1.29, 1.82) is 5.26 Å². The van der Waals surface area contributed by atoms with Crippen LogP contribution in [0.4, 0.5) is 5.69 Å². The van der Waals surface area contributed by atoms with Gasteiger partial charge in [-0.3, -0.25) is 9.69 Å². The summed E-state index contributed by atoms with van der Waals surface area (Å²) in [5, 5.41) is 11.7. The zero-order chi connectivity index (χ0) is 19.2. The summed E-state index contributed by atoms with van der Waals surface area (Å²) in [5.74, 6) is 1.04. The van der Waals surface area contributed by atoms with Crippen molar-refractivity contribution in [3.8, 4) is 11.8 Å². The van der Waals surface area contributed by atoms with Crippen LogP contribution in [-0.2, 0) is 4.79 Å². The Balaban J connectivity index is 1.92. The lowest BCUT2D eigenvalue weighted by atomic mass is 10.2. The number of carbonyl (C=O) groups excluding carboxylic acids is 1. The molecule has 0 bridgehead atoms. The Morgan fingerprint density at radius 3 is 2.96 bits per heavy atom. The van der Waals surface area contributed by atoms with E-state index in [9.17, 15) is 4.79 Å². The number of amides is 1. The number of benzene rings is 1. The number of halogens is 1. The van der Waals surface area contributed by atoms with E-state index in [4.69, 9.17) is 21.6 Å². The summed E-state index contributed by atoms with van der Waals surface area (Å²) >= 11 is 9.24. The van der Waals surface area contributed by atoms with Crippen molar-refractivity contribution in [2.45, 2.75) is 12.8 Å². The summed E-state index contributed by atoms with van der Waals surface area (Å²) in [7, 11) is 1.54. The molecule has 138 valence electrons. The molecule has 8 heteroatoms. The van der Waals surface area contributed by atoms with Crippen LogP contribution in [0.3, 0.4) is 0 Å². The molecule has 0 atom stereocenters. The average Bonchev–Trinajstić information content (AvgIpc) is 3.27. The minimum absolute atomic E-state index is 0.201. The lowest BCUT2D eigenvalue weighted by Crippen LogP contribution is -2.30. The molecule has 2 aromatic rings. The first-order valence-electron chi connectivity index (χ1n) is 8.15. The van der Waals surface area contributed by atoms with Crippen molar-refractivity contribution in [3.05, 3.63) is 51.3 Å². The topological polar surface area (TPSA) is 65.7 Å². The van der Waals surface area contributed by atoms with E-state index in [1.54, 1.807) is 47.6 Å². The van der Waals surface area contributed by atoms with Crippen LogP contribution in [0.5, 0.6) is 5.75 Å². The van der Waals surface area contributed by atoms with E-state index in [0.717, 1.165) is 11.3 Å². The third kappa shape index (κ3) is 4.53. The van der Waals surface area contributed by atoms with Gasteiger partial charge < -0.3 is 4.74 Å². The van der Waals surface area contributed by atoms with Crippen molar-refractivity contribution >= 4 is 57.5 Å². The Labute approximate surface area is 170 Å². The second-order valence-corrected chi connectivity index (χ2v) is 7.96. The molecule has 27 heavy (non-hydrogen) atoms. The number of carbonyl (C=O) groups is 1. The summed E-state index contributed by atoms with van der Waals surface area (Å²) in [5.41, 5.74) is 1.01. The van der Waals surface area contributed by atoms with E-state index in [-0.39, 0.29) is 5.91 Å². The summed E-state index contributed by atoms with van der Waals surface area (Å²) in [6.45, 7) is 0. The first-order valence-corrected chi connectivity index (χ1v) is 10.4. The number of ether oxygens (including phenoxy) is 1. The van der Waals surface area contributed by atoms with Gasteiger partial charge in [-0.2, -0.15) is 5.26 Å². The molecule has 1 aliphatic rings. The molecule has 0 saturated carbocycles. The molecule has 0 fully saturated rings. The second kappa shape index (κ2) is 9.09. The van der Waals surface area contributed by atoms with E-state index < -0.39 is 0 Å². The van der Waals surface area contributed by atoms with Gasteiger partial charge in [0.05, 0.1) is 23.9 Å². The number of amidine groups is 1. The number of methoxy groups -OCH3 is 1. The fourth-order valence-electron chi connectivity index (χ4n) is 2.44. The van der Waals surface area contributed by atoms with Gasteiger partial charge in [-0.15, -0.1) is 11.3 Å². The highest BCUT2D eigenvalue weighted by Crippen LogP contribution is 2.34. The van der Waals surface area contributed by atoms with Crippen molar-refractivity contribution in [2.24, 2.45) is 4.99 Å². The van der Waals surface area contributed by atoms with Crippen LogP contribution < -0.4 is 9.64 Å². The Morgan fingerprint density at radius 2 is 2.30 bits per heavy atom. The second-order valence-electron chi connectivity index (χ2n) is 5.51. The van der Waals surface area contributed by atoms with E-state index in [2.05, 4.69) is 11.1 Å². The van der Waals surface area contributed by atoms with Crippen LogP contribution >= 0.6 is 34.7 Å². The Bertz CT molecular complexity index is 933. The van der Waals surface area contributed by atoms with Gasteiger partial charge in [0.2, 0.25) is 0 Å². The van der Waals surface area contributed by atoms with Gasteiger partial charge in [0.1, 0.15) is 11.4 Å². The number of thiophene rings is 1. The molecule has 1 aliphatic heterocycles. The highest BCUT2D eigenvalue weighted by atomic mass is 35.5. The summed E-state index contributed by atoms with van der Waals surface area (Å²) in [6.07, 6.45) is 2.99. The van der Waals surface area contributed by atoms with Crippen LogP contribution in [0, 0.1) is 11.3 Å². The Kier molecular flexibility index (Phi) is 6.56. The molecule has 0 radical (unpaired) electrons. The zero-order valence-corrected chi connectivity index (χ0v) is 16.9. The molecule has 1 amide bonds. The summed E-state index contributed by atoms with van der Waals surface area (Å²) in [6, 6.07) is 11.2. The number of nitrogens with zero attached hydrogens (tertiary/aromatic N) is 3. The first kappa shape index (κ1) is 19.5. The maximum atomic E-state index is 13.0. The number of rotatable bonds is 6. The van der Waals surface area contributed by atoms with Gasteiger partial charge in [0.25, 0.3) is 5.91 Å². The number of aliphatic imine (C=N–C) groups is 1. The van der Waals surface area contributed by atoms with Gasteiger partial charge in [-0.1, -0.05) is 29.4 Å². The smallest absolute Gasteiger partial charge is 0.283 e. The largest absolute Gasteiger partial charge is 0.495 e. The van der Waals surface area contributed by atoms with Crippen molar-refractivity contribution < 1.29 is 9.53 Å². The number of thioether (sulfide) groups is 1. The average molecular weight is 418 g/mol. The van der Waals surface area contributed by atoms with Crippen molar-refractivity contribution in [3.63, 3.8) is 0 Å². The van der Waals surface area contributed by atoms with Crippen LogP contribution in [-0.4, -0.2) is 23.9 Å². The van der Waals surface area contributed by atoms with Gasteiger partial charge in [0.15, 0.2) is 5.17 Å². The van der Waals surface area contributed by atoms with Gasteiger partial charge in [-0.05, 0) is 42.1 Å². The number of unbranched alkanes of at least 4 members (excludes halogenated alkanes) is 1. The summed E-state index contributed by atoms with van der Waals surface area (Å²) in [4.78, 5) is 20.1. The molecule has 0 spiro atoms. The SMILES string of the molecule is COc1ccc(N2C(=O)/C(=C\c3cccs3)N=C2SCCCC#N)cc1Cl. The molecule has 2 heterocycles. The maximum absolute atomic E-state index is 13.0. The van der Waals surface area contributed by atoms with Crippen LogP contribution in [0.1, 0.15) is 17.7 Å². The van der Waals surface area contributed by atoms with Gasteiger partial charge in [0, 0.05) is 17.1 Å². The van der Waals surface area contributed by atoms with Crippen molar-refractivity contribution in [2.75, 3.05) is 17.8 Å². The highest BCUT2D eigenvalue weighted by Gasteiger charge is 2.32. The van der Waals surface area contributed by atoms with E-state index in [1.165, 1.54) is 11.8 Å². The number of hydrogen-bond donors (Lipinski definition) is 0. The minimum atomic E-state index is -0.201. The molecule has 0 aliphatic carbocycles. The Hall–Kier alpha value is -2.27. The molecule has 0 saturated heterocycles. The number of hydrogen-bond acceptors (Lipinski definition) is 6. The lowest BCUT2D eigenvalue weighted by molar-refractivity contribution is -0.113. The maximum Gasteiger partial charge on any atom is 0.283 e. The molecular formula is C19H16ClN3O2S2. The molecule has 0 N–H and O–H groups in total. The monoisotopic (exact) mass is 417 g/mol. The van der Waals surface area contributed by atoms with Crippen LogP contribution in [0.15, 0.2) is 46.4 Å². The standard InChI is InChI=1S/C19H16ClN3O2S2/c1-25-17-7-6-13(11-15(17)20)23-18(24)16(12-14-5-4-10-26-14)22-19(23)27-9-3-2-8-21/h4-7,10-12H,2-3,9H2,1H3/b16-12+. The van der Waals surface area contributed by atoms with Gasteiger partial charge >= 0.3 is 0 Å². The quantitative estimate of drug-likeness (QED) is 0.479. The molecule has 3 rings (SSSR count). The fraction of sp³-hybridized carbons (Fsp3) is 0.211. The van der Waals surface area contributed by atoms with Crippen molar-refractivity contribution in [1.82, 2.24) is 0 Å². The molecule has 5 nitrogen and oxygen atoms in total. The van der Waals surface area contributed by atoms with E-state index >= 15 is 0 Å². The predicted octanol–water partition coefficient (Wildman–Crippen LogP) is 5.19. The molecular weight excluding hydrogens is 402 g/mol. The van der Waals surface area contributed by atoms with Gasteiger partial charge in [-0.25, -0.2) is 4.99 Å². The molecule has 1 aromatic heterocycles. The van der Waals surface area contributed by atoms with Crippen LogP contribution in [0.2, 0.25) is 5.02 Å². The number of anilines is 1. The number of nitriles is 1. The first-order chi connectivity index (χ1) is 13.1. The van der Waals surface area contributed by atoms with E-state index in [0.29, 0.717) is 39.5 Å².